The van der Waals surface area contributed by atoms with Crippen molar-refractivity contribution in [1.29, 1.82) is 5.26 Å². The molecule has 1 unspecified atom stereocenters. The van der Waals surface area contributed by atoms with Gasteiger partial charge in [-0.1, -0.05) is 0 Å². The number of likely N-dealkylation sites (tertiary alicyclic amines) is 1. The van der Waals surface area contributed by atoms with Crippen LogP contribution in [0.4, 0.5) is 4.79 Å². The van der Waals surface area contributed by atoms with E-state index in [1.807, 2.05) is 41.2 Å². The van der Waals surface area contributed by atoms with Crippen LogP contribution in [-0.2, 0) is 5.54 Å². The lowest BCUT2D eigenvalue weighted by atomic mass is 9.92. The number of urea groups is 1. The van der Waals surface area contributed by atoms with Gasteiger partial charge >= 0.3 is 6.03 Å². The van der Waals surface area contributed by atoms with Gasteiger partial charge in [0.05, 0.1) is 29.9 Å². The predicted octanol–water partition coefficient (Wildman–Crippen LogP) is 2.50. The minimum absolute atomic E-state index is 0.0124. The topological polar surface area (TPSA) is 116 Å². The molecule has 1 saturated heterocycles. The molecule has 2 amide bonds. The average molecular weight is 404 g/mol. The van der Waals surface area contributed by atoms with Crippen molar-refractivity contribution < 1.29 is 4.79 Å². The normalized spacial score (nSPS) is 25.4. The van der Waals surface area contributed by atoms with Gasteiger partial charge in [-0.3, -0.25) is 4.68 Å². The van der Waals surface area contributed by atoms with E-state index in [0.717, 1.165) is 48.2 Å². The third-order valence-corrected chi connectivity index (χ3v) is 6.58. The lowest BCUT2D eigenvalue weighted by Gasteiger charge is -2.29. The minimum atomic E-state index is -0.333. The second kappa shape index (κ2) is 7.13. The first kappa shape index (κ1) is 18.6. The van der Waals surface area contributed by atoms with Crippen molar-refractivity contribution in [3.8, 4) is 17.3 Å². The molecule has 0 aromatic carbocycles. The Morgan fingerprint density at radius 3 is 2.90 bits per heavy atom. The molecule has 2 aliphatic rings. The molecule has 154 valence electrons. The quantitative estimate of drug-likeness (QED) is 0.693. The van der Waals surface area contributed by atoms with Gasteiger partial charge in [0.2, 0.25) is 0 Å². The van der Waals surface area contributed by atoms with Gasteiger partial charge in [-0.05, 0) is 37.7 Å². The van der Waals surface area contributed by atoms with Gasteiger partial charge in [-0.2, -0.15) is 10.4 Å². The number of hydrogen-bond acceptors (Lipinski definition) is 5. The van der Waals surface area contributed by atoms with Crippen molar-refractivity contribution >= 4 is 17.1 Å². The molecule has 3 aromatic heterocycles. The van der Waals surface area contributed by atoms with E-state index in [9.17, 15) is 10.1 Å². The summed E-state index contributed by atoms with van der Waals surface area (Å²) in [4.78, 5) is 25.9. The lowest BCUT2D eigenvalue weighted by molar-refractivity contribution is 0.193. The monoisotopic (exact) mass is 404 g/mol. The standard InChI is InChI=1S/C21H24N8O/c1-2-23-20(30)28-10-14-7-21(4-5-22,8-15(14)11-28)29-12-16(9-27-29)18-17-3-6-24-19(17)26-13-25-18/h3,6,9,12-15H,2,4,7-8,10-11H2,1H3,(H,23,30)(H,24,25,26)/t14-,15+,21?. The number of nitriles is 1. The van der Waals surface area contributed by atoms with E-state index in [1.54, 1.807) is 6.33 Å². The molecule has 1 saturated carbocycles. The van der Waals surface area contributed by atoms with E-state index in [1.165, 1.54) is 0 Å². The zero-order valence-corrected chi connectivity index (χ0v) is 16.9. The van der Waals surface area contributed by atoms with E-state index >= 15 is 0 Å². The molecule has 0 spiro atoms. The van der Waals surface area contributed by atoms with Crippen molar-refractivity contribution in [3.63, 3.8) is 0 Å². The molecular formula is C21H24N8O. The Balaban J connectivity index is 1.42. The summed E-state index contributed by atoms with van der Waals surface area (Å²) in [6, 6.07) is 4.36. The molecule has 4 heterocycles. The molecular weight excluding hydrogens is 380 g/mol. The molecule has 30 heavy (non-hydrogen) atoms. The molecule has 9 heteroatoms. The second-order valence-electron chi connectivity index (χ2n) is 8.36. The van der Waals surface area contributed by atoms with Gasteiger partial charge < -0.3 is 15.2 Å². The number of hydrogen-bond donors (Lipinski definition) is 2. The largest absolute Gasteiger partial charge is 0.346 e. The van der Waals surface area contributed by atoms with E-state index in [0.29, 0.717) is 24.8 Å². The fraction of sp³-hybridized carbons (Fsp3) is 0.476. The molecule has 1 aliphatic heterocycles. The summed E-state index contributed by atoms with van der Waals surface area (Å²) < 4.78 is 1.97. The van der Waals surface area contributed by atoms with E-state index in [-0.39, 0.29) is 11.6 Å². The molecule has 0 bridgehead atoms. The van der Waals surface area contributed by atoms with Crippen LogP contribution in [0.25, 0.3) is 22.3 Å². The molecule has 2 fully saturated rings. The molecule has 2 N–H and O–H groups in total. The van der Waals surface area contributed by atoms with Gasteiger partial charge in [-0.15, -0.1) is 0 Å². The maximum Gasteiger partial charge on any atom is 0.317 e. The SMILES string of the molecule is CCNC(=O)N1C[C@@H]2CC(CC#N)(n3cc(-c4ncnc5[nH]ccc45)cn3)C[C@@H]2C1. The Morgan fingerprint density at radius 2 is 2.17 bits per heavy atom. The van der Waals surface area contributed by atoms with Gasteiger partial charge in [0.1, 0.15) is 12.0 Å². The third kappa shape index (κ3) is 2.91. The number of carbonyl (C=O) groups excluding carboxylic acids is 1. The Hall–Kier alpha value is -3.41. The zero-order chi connectivity index (χ0) is 20.7. The number of fused-ring (bicyclic) bond motifs is 2. The van der Waals surface area contributed by atoms with Crippen LogP contribution in [0.15, 0.2) is 31.0 Å². The highest BCUT2D eigenvalue weighted by molar-refractivity contribution is 5.90. The van der Waals surface area contributed by atoms with Crippen LogP contribution in [0, 0.1) is 23.2 Å². The smallest absolute Gasteiger partial charge is 0.317 e. The first-order valence-electron chi connectivity index (χ1n) is 10.4. The Morgan fingerprint density at radius 1 is 1.37 bits per heavy atom. The van der Waals surface area contributed by atoms with Crippen molar-refractivity contribution in [2.45, 2.75) is 31.7 Å². The lowest BCUT2D eigenvalue weighted by Crippen LogP contribution is -2.40. The maximum atomic E-state index is 12.2. The first-order valence-corrected chi connectivity index (χ1v) is 10.4. The number of nitrogens with one attached hydrogen (secondary N) is 2. The molecule has 3 atom stereocenters. The van der Waals surface area contributed by atoms with Crippen LogP contribution in [-0.4, -0.2) is 55.3 Å². The average Bonchev–Trinajstić information content (AvgIpc) is 3.50. The van der Waals surface area contributed by atoms with E-state index in [4.69, 9.17) is 0 Å². The van der Waals surface area contributed by atoms with Crippen LogP contribution in [0.2, 0.25) is 0 Å². The fourth-order valence-corrected chi connectivity index (χ4v) is 5.26. The number of carbonyl (C=O) groups is 1. The Bertz CT molecular complexity index is 1110. The first-order chi connectivity index (χ1) is 14.6. The Labute approximate surface area is 174 Å². The molecule has 1 aliphatic carbocycles. The summed E-state index contributed by atoms with van der Waals surface area (Å²) in [7, 11) is 0. The molecule has 5 rings (SSSR count). The van der Waals surface area contributed by atoms with Gasteiger partial charge in [0, 0.05) is 43.0 Å². The molecule has 0 radical (unpaired) electrons. The van der Waals surface area contributed by atoms with Crippen LogP contribution in [0.1, 0.15) is 26.2 Å². The molecule has 9 nitrogen and oxygen atoms in total. The van der Waals surface area contributed by atoms with Crippen molar-refractivity contribution in [1.82, 2.24) is 34.9 Å². The van der Waals surface area contributed by atoms with Crippen molar-refractivity contribution in [2.75, 3.05) is 19.6 Å². The van der Waals surface area contributed by atoms with E-state index in [2.05, 4.69) is 31.4 Å². The van der Waals surface area contributed by atoms with E-state index < -0.39 is 0 Å². The highest BCUT2D eigenvalue weighted by Crippen LogP contribution is 2.49. The minimum Gasteiger partial charge on any atom is -0.346 e. The number of H-pyrrole nitrogens is 1. The summed E-state index contributed by atoms with van der Waals surface area (Å²) in [6.45, 7) is 4.05. The van der Waals surface area contributed by atoms with Gasteiger partial charge in [-0.25, -0.2) is 14.8 Å². The highest BCUT2D eigenvalue weighted by Gasteiger charge is 2.51. The van der Waals surface area contributed by atoms with Crippen LogP contribution >= 0.6 is 0 Å². The Kier molecular flexibility index (Phi) is 4.42. The van der Waals surface area contributed by atoms with Crippen LogP contribution in [0.3, 0.4) is 0 Å². The number of rotatable bonds is 4. The second-order valence-corrected chi connectivity index (χ2v) is 8.36. The highest BCUT2D eigenvalue weighted by atomic mass is 16.2. The van der Waals surface area contributed by atoms with Crippen LogP contribution in [0.5, 0.6) is 0 Å². The summed E-state index contributed by atoms with van der Waals surface area (Å²) in [6.07, 6.45) is 9.34. The van der Waals surface area contributed by atoms with Crippen molar-refractivity contribution in [2.24, 2.45) is 11.8 Å². The van der Waals surface area contributed by atoms with Crippen LogP contribution < -0.4 is 5.32 Å². The third-order valence-electron chi connectivity index (χ3n) is 6.58. The van der Waals surface area contributed by atoms with Gasteiger partial charge in [0.25, 0.3) is 0 Å². The summed E-state index contributed by atoms with van der Waals surface area (Å²) >= 11 is 0. The molecule has 3 aromatic rings. The number of nitrogens with zero attached hydrogens (tertiary/aromatic N) is 6. The van der Waals surface area contributed by atoms with Gasteiger partial charge in [0.15, 0.2) is 0 Å². The predicted molar refractivity (Wildman–Crippen MR) is 110 cm³/mol. The summed E-state index contributed by atoms with van der Waals surface area (Å²) in [5, 5.41) is 18.1. The number of aromatic amines is 1. The maximum absolute atomic E-state index is 12.2. The fourth-order valence-electron chi connectivity index (χ4n) is 5.26. The zero-order valence-electron chi connectivity index (χ0n) is 16.9. The number of aromatic nitrogens is 5. The summed E-state index contributed by atoms with van der Waals surface area (Å²) in [5.41, 5.74) is 2.21. The van der Waals surface area contributed by atoms with Crippen molar-refractivity contribution in [3.05, 3.63) is 31.0 Å². The summed E-state index contributed by atoms with van der Waals surface area (Å²) in [5.74, 6) is 0.785. The number of amides is 2.